The van der Waals surface area contributed by atoms with Crippen LogP contribution in [0.25, 0.3) is 0 Å². The van der Waals surface area contributed by atoms with Crippen molar-refractivity contribution >= 4 is 0 Å². The molecule has 0 saturated heterocycles. The highest BCUT2D eigenvalue weighted by atomic mass is 19.1. The van der Waals surface area contributed by atoms with Gasteiger partial charge in [-0.1, -0.05) is 6.08 Å². The Morgan fingerprint density at radius 2 is 2.18 bits per heavy atom. The fraction of sp³-hybridized carbons (Fsp3) is 0.333. The van der Waals surface area contributed by atoms with Crippen LogP contribution in [-0.4, -0.2) is 13.2 Å². The van der Waals surface area contributed by atoms with Gasteiger partial charge in [0.2, 0.25) is 0 Å². The van der Waals surface area contributed by atoms with Gasteiger partial charge in [0.05, 0.1) is 6.10 Å². The van der Waals surface area contributed by atoms with Gasteiger partial charge in [0.15, 0.2) is 0 Å². The molecule has 1 aliphatic carbocycles. The molecule has 0 aromatic rings. The molecular weight excluding hydrogens is 143 g/mol. The van der Waals surface area contributed by atoms with Crippen molar-refractivity contribution in [2.75, 3.05) is 7.11 Å². The Morgan fingerprint density at radius 3 is 2.82 bits per heavy atom. The summed E-state index contributed by atoms with van der Waals surface area (Å²) in [7, 11) is 1.61. The maximum atomic E-state index is 12.6. The fourth-order valence-corrected chi connectivity index (χ4v) is 0.957. The predicted molar refractivity (Wildman–Crippen MR) is 42.9 cm³/mol. The van der Waals surface area contributed by atoms with Crippen LogP contribution in [-0.2, 0) is 4.74 Å². The molecule has 1 aliphatic rings. The highest BCUT2D eigenvalue weighted by Crippen LogP contribution is 2.13. The van der Waals surface area contributed by atoms with Crippen LogP contribution < -0.4 is 0 Å². The van der Waals surface area contributed by atoms with E-state index in [9.17, 15) is 4.39 Å². The molecule has 1 atom stereocenters. The molecule has 2 heteroatoms. The van der Waals surface area contributed by atoms with Gasteiger partial charge < -0.3 is 4.74 Å². The van der Waals surface area contributed by atoms with E-state index in [1.807, 2.05) is 6.92 Å². The van der Waals surface area contributed by atoms with E-state index in [-0.39, 0.29) is 11.9 Å². The molecule has 1 rings (SSSR count). The first kappa shape index (κ1) is 8.21. The van der Waals surface area contributed by atoms with Gasteiger partial charge in [0.1, 0.15) is 5.83 Å². The molecule has 1 unspecified atom stereocenters. The molecule has 0 aliphatic heterocycles. The molecule has 0 heterocycles. The molecule has 0 amide bonds. The largest absolute Gasteiger partial charge is 0.373 e. The van der Waals surface area contributed by atoms with Crippen LogP contribution in [0, 0.1) is 0 Å². The average Bonchev–Trinajstić information content (AvgIpc) is 2.15. The van der Waals surface area contributed by atoms with E-state index in [0.29, 0.717) is 0 Å². The van der Waals surface area contributed by atoms with Crippen molar-refractivity contribution in [3.05, 3.63) is 35.7 Å². The van der Waals surface area contributed by atoms with Crippen molar-refractivity contribution in [3.63, 3.8) is 0 Å². The highest BCUT2D eigenvalue weighted by molar-refractivity contribution is 5.29. The Bertz CT molecular complexity index is 226. The van der Waals surface area contributed by atoms with E-state index in [1.54, 1.807) is 19.3 Å². The lowest BCUT2D eigenvalue weighted by molar-refractivity contribution is 0.168. The predicted octanol–water partition coefficient (Wildman–Crippen LogP) is 2.37. The molecule has 11 heavy (non-hydrogen) atoms. The third-order valence-corrected chi connectivity index (χ3v) is 1.64. The minimum Gasteiger partial charge on any atom is -0.373 e. The first-order valence-electron chi connectivity index (χ1n) is 3.49. The van der Waals surface area contributed by atoms with Crippen LogP contribution in [0.3, 0.4) is 0 Å². The van der Waals surface area contributed by atoms with Crippen LogP contribution in [0.5, 0.6) is 0 Å². The number of halogens is 1. The van der Waals surface area contributed by atoms with Crippen molar-refractivity contribution in [2.45, 2.75) is 13.0 Å². The van der Waals surface area contributed by atoms with Gasteiger partial charge in [-0.05, 0) is 30.7 Å². The number of hydrogen-bond donors (Lipinski definition) is 0. The molecule has 0 saturated carbocycles. The number of rotatable bonds is 1. The number of methoxy groups -OCH3 is 1. The zero-order valence-electron chi connectivity index (χ0n) is 6.67. The Balaban J connectivity index is 2.84. The first-order chi connectivity index (χ1) is 5.24. The quantitative estimate of drug-likeness (QED) is 0.563. The van der Waals surface area contributed by atoms with Crippen LogP contribution in [0.15, 0.2) is 35.7 Å². The van der Waals surface area contributed by atoms with E-state index < -0.39 is 0 Å². The maximum Gasteiger partial charge on any atom is 0.122 e. The smallest absolute Gasteiger partial charge is 0.122 e. The second-order valence-electron chi connectivity index (χ2n) is 2.48. The van der Waals surface area contributed by atoms with E-state index in [1.165, 1.54) is 12.2 Å². The maximum absolute atomic E-state index is 12.6. The minimum atomic E-state index is -0.232. The Hall–Kier alpha value is -0.890. The van der Waals surface area contributed by atoms with Gasteiger partial charge in [-0.25, -0.2) is 4.39 Å². The Morgan fingerprint density at radius 1 is 1.45 bits per heavy atom. The van der Waals surface area contributed by atoms with Crippen LogP contribution in [0.1, 0.15) is 6.92 Å². The Labute approximate surface area is 65.9 Å². The highest BCUT2D eigenvalue weighted by Gasteiger charge is 2.06. The standard InChI is InChI=1S/C9H11FO/c1-7-3-4-8(10)5-6-9(7)11-2/h3-6,9H,1-2H3. The first-order valence-corrected chi connectivity index (χ1v) is 3.49. The molecule has 0 aromatic heterocycles. The molecule has 0 spiro atoms. The van der Waals surface area contributed by atoms with Gasteiger partial charge in [-0.15, -0.1) is 0 Å². The lowest BCUT2D eigenvalue weighted by Crippen LogP contribution is -2.07. The zero-order chi connectivity index (χ0) is 8.27. The Kier molecular flexibility index (Phi) is 2.60. The monoisotopic (exact) mass is 154 g/mol. The molecule has 0 radical (unpaired) electrons. The number of allylic oxidation sites excluding steroid dienone is 4. The molecule has 0 aromatic carbocycles. The number of hydrogen-bond acceptors (Lipinski definition) is 1. The van der Waals surface area contributed by atoms with Crippen LogP contribution >= 0.6 is 0 Å². The van der Waals surface area contributed by atoms with E-state index >= 15 is 0 Å². The van der Waals surface area contributed by atoms with Gasteiger partial charge in [0, 0.05) is 7.11 Å². The summed E-state index contributed by atoms with van der Waals surface area (Å²) in [6, 6.07) is 0. The SMILES string of the molecule is COC1C=CC(F)=CC=C1C. The second-order valence-corrected chi connectivity index (χ2v) is 2.48. The molecule has 0 N–H and O–H groups in total. The lowest BCUT2D eigenvalue weighted by atomic mass is 10.1. The summed E-state index contributed by atoms with van der Waals surface area (Å²) in [6.45, 7) is 1.91. The van der Waals surface area contributed by atoms with Crippen LogP contribution in [0.2, 0.25) is 0 Å². The summed E-state index contributed by atoms with van der Waals surface area (Å²) < 4.78 is 17.7. The zero-order valence-corrected chi connectivity index (χ0v) is 6.67. The van der Waals surface area contributed by atoms with Gasteiger partial charge in [-0.2, -0.15) is 0 Å². The summed E-state index contributed by atoms with van der Waals surface area (Å²) >= 11 is 0. The molecule has 0 bridgehead atoms. The van der Waals surface area contributed by atoms with Crippen molar-refractivity contribution in [1.82, 2.24) is 0 Å². The average molecular weight is 154 g/mol. The minimum absolute atomic E-state index is 0.0838. The second kappa shape index (κ2) is 3.49. The van der Waals surface area contributed by atoms with E-state index in [2.05, 4.69) is 0 Å². The van der Waals surface area contributed by atoms with Gasteiger partial charge in [0.25, 0.3) is 0 Å². The lowest BCUT2D eigenvalue weighted by Gasteiger charge is -2.08. The summed E-state index contributed by atoms with van der Waals surface area (Å²) in [4.78, 5) is 0. The molecule has 0 fully saturated rings. The fourth-order valence-electron chi connectivity index (χ4n) is 0.957. The van der Waals surface area contributed by atoms with Crippen molar-refractivity contribution in [2.24, 2.45) is 0 Å². The number of ether oxygens (including phenoxy) is 1. The van der Waals surface area contributed by atoms with Gasteiger partial charge >= 0.3 is 0 Å². The molecule has 60 valence electrons. The summed E-state index contributed by atoms with van der Waals surface area (Å²) in [5.74, 6) is -0.232. The normalized spacial score (nSPS) is 24.1. The summed E-state index contributed by atoms with van der Waals surface area (Å²) in [6.07, 6.45) is 6.19. The third-order valence-electron chi connectivity index (χ3n) is 1.64. The van der Waals surface area contributed by atoms with Gasteiger partial charge in [-0.3, -0.25) is 0 Å². The van der Waals surface area contributed by atoms with Crippen molar-refractivity contribution in [3.8, 4) is 0 Å². The van der Waals surface area contributed by atoms with Crippen LogP contribution in [0.4, 0.5) is 4.39 Å². The van der Waals surface area contributed by atoms with E-state index in [4.69, 9.17) is 4.74 Å². The van der Waals surface area contributed by atoms with E-state index in [0.717, 1.165) is 5.57 Å². The summed E-state index contributed by atoms with van der Waals surface area (Å²) in [5, 5.41) is 0. The van der Waals surface area contributed by atoms with Crippen molar-refractivity contribution in [1.29, 1.82) is 0 Å². The molecule has 1 nitrogen and oxygen atoms in total. The molecular formula is C9H11FO. The summed E-state index contributed by atoms with van der Waals surface area (Å²) in [5.41, 5.74) is 1.01. The topological polar surface area (TPSA) is 9.23 Å². The van der Waals surface area contributed by atoms with Crippen molar-refractivity contribution < 1.29 is 9.13 Å². The third kappa shape index (κ3) is 2.02.